The molecule has 0 saturated carbocycles. The first-order valence-electron chi connectivity index (χ1n) is 7.76. The molecule has 1 saturated heterocycles. The Hall–Kier alpha value is -1.65. The lowest BCUT2D eigenvalue weighted by atomic mass is 10.1. The number of amides is 1. The number of hydrogen-bond donors (Lipinski definition) is 1. The van der Waals surface area contributed by atoms with E-state index >= 15 is 0 Å². The Balaban J connectivity index is 2.09. The first-order chi connectivity index (χ1) is 10.1. The molecule has 1 unspecified atom stereocenters. The van der Waals surface area contributed by atoms with Gasteiger partial charge in [-0.1, -0.05) is 31.9 Å². The highest BCUT2D eigenvalue weighted by Gasteiger charge is 2.28. The van der Waals surface area contributed by atoms with Crippen molar-refractivity contribution in [3.05, 3.63) is 12.2 Å². The highest BCUT2D eigenvalue weighted by Crippen LogP contribution is 2.06. The molecule has 0 radical (unpaired) electrons. The molecule has 118 valence electrons. The summed E-state index contributed by atoms with van der Waals surface area (Å²) in [6.45, 7) is 2.50. The van der Waals surface area contributed by atoms with Crippen LogP contribution in [0.25, 0.3) is 0 Å². The zero-order valence-corrected chi connectivity index (χ0v) is 12.7. The number of nitrogens with one attached hydrogen (secondary N) is 1. The molecular formula is C16H25NO4. The Kier molecular flexibility index (Phi) is 8.40. The number of rotatable bonds is 10. The zero-order valence-electron chi connectivity index (χ0n) is 12.7. The molecule has 1 aliphatic rings. The van der Waals surface area contributed by atoms with Gasteiger partial charge >= 0.3 is 5.97 Å². The predicted molar refractivity (Wildman–Crippen MR) is 79.6 cm³/mol. The van der Waals surface area contributed by atoms with Gasteiger partial charge in [-0.3, -0.25) is 9.59 Å². The molecule has 1 fully saturated rings. The van der Waals surface area contributed by atoms with Crippen LogP contribution in [0, 0.1) is 0 Å². The van der Waals surface area contributed by atoms with Gasteiger partial charge < -0.3 is 10.1 Å². The summed E-state index contributed by atoms with van der Waals surface area (Å²) in [5.41, 5.74) is 0. The highest BCUT2D eigenvalue weighted by molar-refractivity contribution is 5.99. The Morgan fingerprint density at radius 1 is 1.29 bits per heavy atom. The molecule has 0 aliphatic carbocycles. The van der Waals surface area contributed by atoms with Gasteiger partial charge in [0.1, 0.15) is 11.8 Å². The molecule has 0 aromatic heterocycles. The monoisotopic (exact) mass is 295 g/mol. The van der Waals surface area contributed by atoms with Crippen LogP contribution in [0.1, 0.15) is 58.3 Å². The van der Waals surface area contributed by atoms with E-state index in [9.17, 15) is 14.4 Å². The fraction of sp³-hybridized carbons (Fsp3) is 0.688. The van der Waals surface area contributed by atoms with Gasteiger partial charge in [-0.2, -0.15) is 0 Å². The lowest BCUT2D eigenvalue weighted by Crippen LogP contribution is -2.38. The Morgan fingerprint density at radius 3 is 2.71 bits per heavy atom. The maximum absolute atomic E-state index is 11.6. The third-order valence-corrected chi connectivity index (χ3v) is 3.36. The minimum Gasteiger partial charge on any atom is -0.464 e. The van der Waals surface area contributed by atoms with E-state index in [1.54, 1.807) is 0 Å². The van der Waals surface area contributed by atoms with E-state index in [-0.39, 0.29) is 12.2 Å². The third-order valence-electron chi connectivity index (χ3n) is 3.36. The van der Waals surface area contributed by atoms with Crippen LogP contribution in [-0.4, -0.2) is 30.3 Å². The molecule has 21 heavy (non-hydrogen) atoms. The second-order valence-corrected chi connectivity index (χ2v) is 5.30. The highest BCUT2D eigenvalue weighted by atomic mass is 16.5. The standard InChI is InChI=1S/C16H25NO4/c1-2-3-4-5-6-7-8-9-13(18)12-15(19)17-14-10-11-21-16(14)20/h6-7,14H,2-5,8-12H2,1H3,(H,17,19)/b7-6+. The molecule has 1 N–H and O–H groups in total. The normalized spacial score (nSPS) is 18.0. The lowest BCUT2D eigenvalue weighted by Gasteiger charge is -2.07. The molecular weight excluding hydrogens is 270 g/mol. The molecule has 5 heteroatoms. The van der Waals surface area contributed by atoms with Crippen molar-refractivity contribution in [3.8, 4) is 0 Å². The van der Waals surface area contributed by atoms with Gasteiger partial charge in [0.25, 0.3) is 0 Å². The lowest BCUT2D eigenvalue weighted by molar-refractivity contribution is -0.142. The quantitative estimate of drug-likeness (QED) is 0.290. The molecule has 5 nitrogen and oxygen atoms in total. The van der Waals surface area contributed by atoms with Crippen molar-refractivity contribution in [2.24, 2.45) is 0 Å². The topological polar surface area (TPSA) is 72.5 Å². The number of allylic oxidation sites excluding steroid dienone is 2. The number of cyclic esters (lactones) is 1. The minimum atomic E-state index is -0.580. The fourth-order valence-electron chi connectivity index (χ4n) is 2.13. The average molecular weight is 295 g/mol. The summed E-state index contributed by atoms with van der Waals surface area (Å²) in [7, 11) is 0. The van der Waals surface area contributed by atoms with Crippen LogP contribution in [0.5, 0.6) is 0 Å². The second-order valence-electron chi connectivity index (χ2n) is 5.30. The van der Waals surface area contributed by atoms with E-state index in [0.717, 1.165) is 6.42 Å². The van der Waals surface area contributed by atoms with Crippen LogP contribution in [0.4, 0.5) is 0 Å². The zero-order chi connectivity index (χ0) is 15.5. The number of unbranched alkanes of at least 4 members (excludes halogenated alkanes) is 3. The molecule has 0 bridgehead atoms. The summed E-state index contributed by atoms with van der Waals surface area (Å²) < 4.78 is 4.74. The molecule has 1 aliphatic heterocycles. The minimum absolute atomic E-state index is 0.0999. The maximum Gasteiger partial charge on any atom is 0.328 e. The van der Waals surface area contributed by atoms with Crippen LogP contribution >= 0.6 is 0 Å². The molecule has 1 amide bonds. The third kappa shape index (κ3) is 7.63. The SMILES string of the molecule is CCCCC/C=C/CCC(=O)CC(=O)NC1CCOC1=O. The molecule has 1 atom stereocenters. The summed E-state index contributed by atoms with van der Waals surface area (Å²) in [5, 5.41) is 2.53. The van der Waals surface area contributed by atoms with Crippen molar-refractivity contribution in [1.29, 1.82) is 0 Å². The first-order valence-corrected chi connectivity index (χ1v) is 7.76. The Bertz CT molecular complexity index is 390. The van der Waals surface area contributed by atoms with Crippen molar-refractivity contribution in [2.45, 2.75) is 64.3 Å². The summed E-state index contributed by atoms with van der Waals surface area (Å²) in [6, 6.07) is -0.580. The molecule has 0 spiro atoms. The van der Waals surface area contributed by atoms with Gasteiger partial charge in [0, 0.05) is 12.8 Å². The maximum atomic E-state index is 11.6. The summed E-state index contributed by atoms with van der Waals surface area (Å²) in [5.74, 6) is -0.904. The van der Waals surface area contributed by atoms with Gasteiger partial charge in [0.05, 0.1) is 13.0 Å². The first kappa shape index (κ1) is 17.4. The molecule has 0 aromatic carbocycles. The summed E-state index contributed by atoms with van der Waals surface area (Å²) in [6.07, 6.45) is 10.1. The van der Waals surface area contributed by atoms with Crippen LogP contribution in [-0.2, 0) is 19.1 Å². The molecule has 1 rings (SSSR count). The van der Waals surface area contributed by atoms with Crippen LogP contribution in [0.15, 0.2) is 12.2 Å². The van der Waals surface area contributed by atoms with Gasteiger partial charge in [-0.25, -0.2) is 4.79 Å². The van der Waals surface area contributed by atoms with E-state index in [1.165, 1.54) is 19.3 Å². The van der Waals surface area contributed by atoms with E-state index in [1.807, 2.05) is 6.08 Å². The van der Waals surface area contributed by atoms with Gasteiger partial charge in [0.15, 0.2) is 0 Å². The van der Waals surface area contributed by atoms with Gasteiger partial charge in [-0.15, -0.1) is 0 Å². The number of esters is 1. The van der Waals surface area contributed by atoms with E-state index in [0.29, 0.717) is 25.9 Å². The van der Waals surface area contributed by atoms with E-state index in [2.05, 4.69) is 18.3 Å². The van der Waals surface area contributed by atoms with E-state index < -0.39 is 17.9 Å². The summed E-state index contributed by atoms with van der Waals surface area (Å²) in [4.78, 5) is 34.4. The number of ether oxygens (including phenoxy) is 1. The van der Waals surface area contributed by atoms with Crippen molar-refractivity contribution < 1.29 is 19.1 Å². The predicted octanol–water partition coefficient (Wildman–Crippen LogP) is 2.29. The number of hydrogen-bond acceptors (Lipinski definition) is 4. The fourth-order valence-corrected chi connectivity index (χ4v) is 2.13. The Morgan fingerprint density at radius 2 is 2.05 bits per heavy atom. The largest absolute Gasteiger partial charge is 0.464 e. The second kappa shape index (κ2) is 10.1. The average Bonchev–Trinajstić information content (AvgIpc) is 2.83. The number of carbonyl (C=O) groups is 3. The Labute approximate surface area is 126 Å². The van der Waals surface area contributed by atoms with E-state index in [4.69, 9.17) is 4.74 Å². The van der Waals surface area contributed by atoms with Crippen LogP contribution in [0.2, 0.25) is 0 Å². The van der Waals surface area contributed by atoms with Gasteiger partial charge in [0.2, 0.25) is 5.91 Å². The van der Waals surface area contributed by atoms with Crippen molar-refractivity contribution in [2.75, 3.05) is 6.61 Å². The molecule has 1 heterocycles. The van der Waals surface area contributed by atoms with Crippen molar-refractivity contribution in [1.82, 2.24) is 5.32 Å². The van der Waals surface area contributed by atoms with Crippen molar-refractivity contribution >= 4 is 17.7 Å². The number of Topliss-reactive ketones (excluding diaryl/α,β-unsaturated/α-hetero) is 1. The molecule has 0 aromatic rings. The van der Waals surface area contributed by atoms with Crippen LogP contribution < -0.4 is 5.32 Å². The van der Waals surface area contributed by atoms with Crippen LogP contribution in [0.3, 0.4) is 0 Å². The summed E-state index contributed by atoms with van der Waals surface area (Å²) >= 11 is 0. The van der Waals surface area contributed by atoms with Gasteiger partial charge in [-0.05, 0) is 19.3 Å². The van der Waals surface area contributed by atoms with Crippen molar-refractivity contribution in [3.63, 3.8) is 0 Å². The number of carbonyl (C=O) groups excluding carboxylic acids is 3. The number of ketones is 1. The smallest absolute Gasteiger partial charge is 0.328 e.